The lowest BCUT2D eigenvalue weighted by Crippen LogP contribution is -2.55. The van der Waals surface area contributed by atoms with E-state index in [4.69, 9.17) is 11.6 Å². The molecule has 9 heteroatoms. The van der Waals surface area contributed by atoms with Crippen LogP contribution in [0.2, 0.25) is 5.02 Å². The fourth-order valence-corrected chi connectivity index (χ4v) is 8.81. The Kier molecular flexibility index (Phi) is 10.4. The minimum atomic E-state index is -4.59. The number of hydrogen-bond acceptors (Lipinski definition) is 5. The highest BCUT2D eigenvalue weighted by atomic mass is 35.5. The molecular weight excluding hydrogens is 663 g/mol. The number of ketones is 1. The number of nitrogens with zero attached hydrogens (tertiary/aromatic N) is 1. The molecule has 0 radical (unpaired) electrons. The van der Waals surface area contributed by atoms with Gasteiger partial charge in [0, 0.05) is 41.2 Å². The van der Waals surface area contributed by atoms with Crippen LogP contribution in [0.25, 0.3) is 0 Å². The number of hydrogen-bond donors (Lipinski definition) is 3. The predicted octanol–water partition coefficient (Wildman–Crippen LogP) is 8.61. The molecule has 1 heterocycles. The van der Waals surface area contributed by atoms with Gasteiger partial charge in [0.2, 0.25) is 0 Å². The first-order chi connectivity index (χ1) is 23.6. The van der Waals surface area contributed by atoms with Crippen LogP contribution in [0.5, 0.6) is 0 Å². The van der Waals surface area contributed by atoms with Crippen LogP contribution in [-0.2, 0) is 18.2 Å². The summed E-state index contributed by atoms with van der Waals surface area (Å²) in [5, 5.41) is 35.7. The van der Waals surface area contributed by atoms with Gasteiger partial charge in [-0.15, -0.1) is 0 Å². The van der Waals surface area contributed by atoms with Crippen molar-refractivity contribution in [2.24, 2.45) is 5.41 Å². The highest BCUT2D eigenvalue weighted by Crippen LogP contribution is 2.59. The molecule has 3 aromatic rings. The second-order valence-electron chi connectivity index (χ2n) is 15.2. The van der Waals surface area contributed by atoms with Gasteiger partial charge in [0.25, 0.3) is 0 Å². The number of likely N-dealkylation sites (tertiary alicyclic amines) is 1. The number of allylic oxidation sites excluding steroid dienone is 2. The summed E-state index contributed by atoms with van der Waals surface area (Å²) in [6, 6.07) is 17.4. The molecule has 0 spiro atoms. The smallest absolute Gasteiger partial charge is 0.393 e. The number of fused-ring (bicyclic) bond motifs is 8. The number of alkyl halides is 3. The summed E-state index contributed by atoms with van der Waals surface area (Å²) in [5.41, 5.74) is 0.0741. The highest BCUT2D eigenvalue weighted by Gasteiger charge is 2.57. The van der Waals surface area contributed by atoms with E-state index in [0.29, 0.717) is 88.0 Å². The summed E-state index contributed by atoms with van der Waals surface area (Å²) in [4.78, 5) is 16.4. The van der Waals surface area contributed by atoms with E-state index >= 15 is 0 Å². The Bertz CT molecular complexity index is 1730. The zero-order chi connectivity index (χ0) is 35.9. The van der Waals surface area contributed by atoms with Crippen molar-refractivity contribution in [2.75, 3.05) is 19.6 Å². The van der Waals surface area contributed by atoms with Crippen molar-refractivity contribution in [3.63, 3.8) is 0 Å². The van der Waals surface area contributed by atoms with Crippen molar-refractivity contribution in [2.45, 2.75) is 101 Å². The fourth-order valence-electron chi connectivity index (χ4n) is 8.69. The molecular formula is C41H47ClF3NO4. The Morgan fingerprint density at radius 1 is 0.960 bits per heavy atom. The number of β-amino-alcohol motifs (C(OH)–C–C–N with tert-alkyl or cyclic N) is 1. The molecule has 3 N–H and O–H groups in total. The van der Waals surface area contributed by atoms with Crippen LogP contribution in [0.3, 0.4) is 0 Å². The second kappa shape index (κ2) is 14.2. The number of aliphatic hydroxyl groups is 3. The number of rotatable bonds is 5. The van der Waals surface area contributed by atoms with Crippen molar-refractivity contribution in [3.05, 3.63) is 117 Å². The van der Waals surface area contributed by atoms with E-state index in [1.165, 1.54) is 17.7 Å². The van der Waals surface area contributed by atoms with E-state index in [1.807, 2.05) is 24.3 Å². The van der Waals surface area contributed by atoms with Gasteiger partial charge in [0.15, 0.2) is 5.78 Å². The summed E-state index contributed by atoms with van der Waals surface area (Å²) in [5.74, 6) is -0.746. The zero-order valence-electron chi connectivity index (χ0n) is 28.8. The minimum absolute atomic E-state index is 0.0464. The Labute approximate surface area is 297 Å². The largest absolute Gasteiger partial charge is 0.416 e. The summed E-state index contributed by atoms with van der Waals surface area (Å²) in [6.07, 6.45) is 1.98. The first-order valence-electron chi connectivity index (χ1n) is 17.7. The first-order valence-corrected chi connectivity index (χ1v) is 18.1. The number of benzene rings is 3. The third-order valence-electron chi connectivity index (χ3n) is 11.9. The van der Waals surface area contributed by atoms with Crippen LogP contribution in [0.4, 0.5) is 13.2 Å². The molecule has 1 saturated carbocycles. The molecule has 5 nitrogen and oxygen atoms in total. The van der Waals surface area contributed by atoms with E-state index in [9.17, 15) is 33.3 Å². The van der Waals surface area contributed by atoms with Crippen LogP contribution in [0.15, 0.2) is 78.4 Å². The van der Waals surface area contributed by atoms with Crippen molar-refractivity contribution >= 4 is 17.4 Å². The molecule has 0 aromatic heterocycles. The van der Waals surface area contributed by atoms with Gasteiger partial charge in [-0.25, -0.2) is 0 Å². The lowest BCUT2D eigenvalue weighted by atomic mass is 9.64. The standard InChI is InChI=1S/C41H47ClF3NO4/c1-27-5-4-17-38(2)36(16-18-40(38,50)26-46-21-19-39(49,20-22-46)30-10-12-32(42)13-11-30)34-15-9-28(23-33(47)14-8-27)24-35(34)37(48)29-6-3-7-31(25-29)41(43,44)45/h3,5-7,9-13,15,24-25,33,36,47,49-50H,4,8,14,16-23,26H2,1-2H3/t33-,36-,38-,40+/m0/s1. The Balaban J connectivity index is 1.35. The van der Waals surface area contributed by atoms with Gasteiger partial charge in [-0.05, 0) is 118 Å². The first kappa shape index (κ1) is 36.8. The number of halogens is 4. The number of carbonyl (C=O) groups excluding carboxylic acids is 1. The van der Waals surface area contributed by atoms with E-state index in [2.05, 4.69) is 24.8 Å². The monoisotopic (exact) mass is 709 g/mol. The van der Waals surface area contributed by atoms with Crippen molar-refractivity contribution in [1.29, 1.82) is 0 Å². The van der Waals surface area contributed by atoms with Crippen molar-refractivity contribution in [1.82, 2.24) is 4.90 Å². The molecule has 4 atom stereocenters. The number of aliphatic hydroxyl groups excluding tert-OH is 1. The summed E-state index contributed by atoms with van der Waals surface area (Å²) in [6.45, 7) is 5.76. The highest BCUT2D eigenvalue weighted by molar-refractivity contribution is 6.30. The molecule has 2 bridgehead atoms. The van der Waals surface area contributed by atoms with E-state index in [0.717, 1.165) is 28.8 Å². The molecule has 1 aliphatic heterocycles. The second-order valence-corrected chi connectivity index (χ2v) is 15.6. The lowest BCUT2D eigenvalue weighted by molar-refractivity contribution is -0.137. The molecule has 4 aliphatic rings. The molecule has 268 valence electrons. The van der Waals surface area contributed by atoms with Crippen LogP contribution in [0, 0.1) is 5.41 Å². The van der Waals surface area contributed by atoms with Gasteiger partial charge >= 0.3 is 6.18 Å². The molecule has 2 fully saturated rings. The number of carbonyl (C=O) groups is 1. The van der Waals surface area contributed by atoms with E-state index < -0.39 is 40.2 Å². The van der Waals surface area contributed by atoms with E-state index in [-0.39, 0.29) is 11.5 Å². The average molecular weight is 710 g/mol. The molecule has 50 heavy (non-hydrogen) atoms. The third kappa shape index (κ3) is 7.47. The van der Waals surface area contributed by atoms with Gasteiger partial charge in [-0.1, -0.05) is 66.6 Å². The van der Waals surface area contributed by atoms with Gasteiger partial charge < -0.3 is 20.2 Å². The maximum Gasteiger partial charge on any atom is 0.416 e. The van der Waals surface area contributed by atoms with Crippen LogP contribution in [-0.4, -0.2) is 57.3 Å². The van der Waals surface area contributed by atoms with Gasteiger partial charge in [0.1, 0.15) is 0 Å². The Hall–Kier alpha value is -3.01. The SMILES string of the molecule is CC1=CCC[C@@]2(C)[C@@H](CC[C@@]2(O)CN2CCC(O)(c3ccc(Cl)cc3)CC2)c2ccc(cc2C(=O)c2cccc(C(F)(F)F)c2)C[C@@H](O)CC1. The van der Waals surface area contributed by atoms with Crippen LogP contribution in [0.1, 0.15) is 109 Å². The van der Waals surface area contributed by atoms with Crippen molar-refractivity contribution < 1.29 is 33.3 Å². The average Bonchev–Trinajstić information content (AvgIpc) is 3.33. The summed E-state index contributed by atoms with van der Waals surface area (Å²) < 4.78 is 41.1. The lowest BCUT2D eigenvalue weighted by Gasteiger charge is -2.48. The molecule has 1 saturated heterocycles. The Morgan fingerprint density at radius 2 is 1.68 bits per heavy atom. The quantitative estimate of drug-likeness (QED) is 0.183. The fraction of sp³-hybridized carbons (Fsp3) is 0.488. The van der Waals surface area contributed by atoms with Crippen LogP contribution >= 0.6 is 11.6 Å². The van der Waals surface area contributed by atoms with E-state index in [1.54, 1.807) is 18.2 Å². The Morgan fingerprint density at radius 3 is 2.38 bits per heavy atom. The molecule has 7 rings (SSSR count). The van der Waals surface area contributed by atoms with Crippen LogP contribution < -0.4 is 0 Å². The summed E-state index contributed by atoms with van der Waals surface area (Å²) >= 11 is 6.09. The molecule has 0 unspecified atom stereocenters. The van der Waals surface area contributed by atoms with Gasteiger partial charge in [-0.3, -0.25) is 4.79 Å². The van der Waals surface area contributed by atoms with Gasteiger partial charge in [-0.2, -0.15) is 13.2 Å². The molecule has 3 aromatic carbocycles. The topological polar surface area (TPSA) is 81.0 Å². The third-order valence-corrected chi connectivity index (χ3v) is 12.2. The molecule has 0 amide bonds. The number of piperidine rings is 1. The van der Waals surface area contributed by atoms with Gasteiger partial charge in [0.05, 0.1) is 22.9 Å². The zero-order valence-corrected chi connectivity index (χ0v) is 29.5. The van der Waals surface area contributed by atoms with Crippen molar-refractivity contribution in [3.8, 4) is 0 Å². The maximum absolute atomic E-state index is 14.2. The summed E-state index contributed by atoms with van der Waals surface area (Å²) in [7, 11) is 0. The minimum Gasteiger partial charge on any atom is -0.393 e. The normalized spacial score (nSPS) is 27.7. The predicted molar refractivity (Wildman–Crippen MR) is 189 cm³/mol. The maximum atomic E-state index is 14.2. The molecule has 3 aliphatic carbocycles.